The lowest BCUT2D eigenvalue weighted by atomic mass is 10.1. The second kappa shape index (κ2) is 7.61. The Hall–Kier alpha value is -2.53. The first-order valence-corrected chi connectivity index (χ1v) is 9.81. The Morgan fingerprint density at radius 1 is 1.00 bits per heavy atom. The van der Waals surface area contributed by atoms with E-state index in [2.05, 4.69) is 63.1 Å². The fourth-order valence-electron chi connectivity index (χ4n) is 3.71. The molecule has 5 heteroatoms. The number of fused-ring (bicyclic) bond motifs is 1. The van der Waals surface area contributed by atoms with E-state index in [1.54, 1.807) is 0 Å². The van der Waals surface area contributed by atoms with Crippen molar-refractivity contribution in [1.82, 2.24) is 14.9 Å². The van der Waals surface area contributed by atoms with Crippen molar-refractivity contribution >= 4 is 33.8 Å². The minimum absolute atomic E-state index is 0.742. The van der Waals surface area contributed by atoms with Gasteiger partial charge in [0.15, 0.2) is 0 Å². The van der Waals surface area contributed by atoms with Gasteiger partial charge in [0, 0.05) is 55.6 Å². The van der Waals surface area contributed by atoms with E-state index in [1.165, 1.54) is 16.3 Å². The summed E-state index contributed by atoms with van der Waals surface area (Å²) in [6, 6.07) is 14.8. The molecule has 1 aliphatic heterocycles. The van der Waals surface area contributed by atoms with Crippen LogP contribution in [0.2, 0.25) is 0 Å². The summed E-state index contributed by atoms with van der Waals surface area (Å²) >= 11 is 5.71. The molecule has 4 nitrogen and oxygen atoms in total. The van der Waals surface area contributed by atoms with E-state index in [0.29, 0.717) is 0 Å². The van der Waals surface area contributed by atoms with Crippen LogP contribution in [-0.2, 0) is 6.42 Å². The van der Waals surface area contributed by atoms with Crippen molar-refractivity contribution in [3.63, 3.8) is 0 Å². The van der Waals surface area contributed by atoms with Crippen LogP contribution in [0.15, 0.2) is 48.7 Å². The zero-order chi connectivity index (χ0) is 18.8. The molecule has 3 aromatic rings. The van der Waals surface area contributed by atoms with Crippen LogP contribution in [0.1, 0.15) is 17.0 Å². The molecule has 1 aliphatic rings. The van der Waals surface area contributed by atoms with Crippen molar-refractivity contribution in [3.05, 3.63) is 65.6 Å². The number of anilines is 1. The van der Waals surface area contributed by atoms with Crippen molar-refractivity contribution in [2.75, 3.05) is 31.1 Å². The molecule has 4 rings (SSSR count). The Balaban J connectivity index is 1.39. The molecule has 0 N–H and O–H groups in total. The van der Waals surface area contributed by atoms with Gasteiger partial charge in [0.25, 0.3) is 0 Å². The highest BCUT2D eigenvalue weighted by atomic mass is 32.1. The lowest BCUT2D eigenvalue weighted by Crippen LogP contribution is -2.49. The van der Waals surface area contributed by atoms with Gasteiger partial charge in [-0.15, -0.1) is 0 Å². The molecule has 1 aromatic carbocycles. The molecular weight excluding hydrogens is 352 g/mol. The summed E-state index contributed by atoms with van der Waals surface area (Å²) < 4.78 is 0. The fourth-order valence-corrected chi connectivity index (χ4v) is 4.04. The average molecular weight is 377 g/mol. The molecular formula is C22H24N4S. The van der Waals surface area contributed by atoms with E-state index in [-0.39, 0.29) is 0 Å². The molecule has 27 heavy (non-hydrogen) atoms. The molecule has 0 aliphatic carbocycles. The van der Waals surface area contributed by atoms with E-state index < -0.39 is 0 Å². The maximum absolute atomic E-state index is 5.71. The molecule has 3 heterocycles. The monoisotopic (exact) mass is 376 g/mol. The maximum Gasteiger partial charge on any atom is 0.129 e. The number of benzene rings is 1. The fraction of sp³-hybridized carbons (Fsp3) is 0.318. The quantitative estimate of drug-likeness (QED) is 0.647. The molecule has 0 atom stereocenters. The van der Waals surface area contributed by atoms with Crippen molar-refractivity contribution in [2.45, 2.75) is 20.3 Å². The van der Waals surface area contributed by atoms with Gasteiger partial charge in [-0.25, -0.2) is 4.98 Å². The van der Waals surface area contributed by atoms with Crippen molar-refractivity contribution in [3.8, 4) is 0 Å². The zero-order valence-corrected chi connectivity index (χ0v) is 16.7. The number of aromatic nitrogens is 2. The Morgan fingerprint density at radius 3 is 2.48 bits per heavy atom. The number of aryl methyl sites for hydroxylation is 2. The SMILES string of the molecule is Cc1cc(C)nc(CC(=S)N2CCN(c3cc4ccccc4cn3)CC2)c1. The summed E-state index contributed by atoms with van der Waals surface area (Å²) in [5.41, 5.74) is 3.36. The third kappa shape index (κ3) is 4.08. The Labute approximate surface area is 165 Å². The molecule has 1 fully saturated rings. The normalized spacial score (nSPS) is 14.6. The molecule has 1 saturated heterocycles. The molecule has 0 spiro atoms. The van der Waals surface area contributed by atoms with Crippen LogP contribution in [0, 0.1) is 13.8 Å². The van der Waals surface area contributed by atoms with Crippen molar-refractivity contribution in [1.29, 1.82) is 0 Å². The number of hydrogen-bond donors (Lipinski definition) is 0. The average Bonchev–Trinajstić information content (AvgIpc) is 2.67. The van der Waals surface area contributed by atoms with Gasteiger partial charge in [-0.05, 0) is 43.0 Å². The predicted molar refractivity (Wildman–Crippen MR) is 116 cm³/mol. The highest BCUT2D eigenvalue weighted by molar-refractivity contribution is 7.80. The highest BCUT2D eigenvalue weighted by Gasteiger charge is 2.20. The minimum atomic E-state index is 0.742. The smallest absolute Gasteiger partial charge is 0.129 e. The lowest BCUT2D eigenvalue weighted by molar-refractivity contribution is 0.385. The van der Waals surface area contributed by atoms with Crippen molar-refractivity contribution < 1.29 is 0 Å². The summed E-state index contributed by atoms with van der Waals surface area (Å²) in [6.45, 7) is 7.87. The van der Waals surface area contributed by atoms with Gasteiger partial charge in [-0.3, -0.25) is 4.98 Å². The maximum atomic E-state index is 5.71. The molecule has 2 aromatic heterocycles. The lowest BCUT2D eigenvalue weighted by Gasteiger charge is -2.37. The van der Waals surface area contributed by atoms with Gasteiger partial charge in [0.1, 0.15) is 5.82 Å². The van der Waals surface area contributed by atoms with Gasteiger partial charge in [-0.1, -0.05) is 36.5 Å². The first-order valence-electron chi connectivity index (χ1n) is 9.40. The summed E-state index contributed by atoms with van der Waals surface area (Å²) in [6.07, 6.45) is 2.71. The van der Waals surface area contributed by atoms with Crippen LogP contribution >= 0.6 is 12.2 Å². The number of piperazine rings is 1. The largest absolute Gasteiger partial charge is 0.362 e. The number of hydrogen-bond acceptors (Lipinski definition) is 4. The molecule has 0 amide bonds. The minimum Gasteiger partial charge on any atom is -0.362 e. The van der Waals surface area contributed by atoms with Crippen LogP contribution in [0.25, 0.3) is 10.8 Å². The summed E-state index contributed by atoms with van der Waals surface area (Å²) in [4.78, 5) is 14.9. The zero-order valence-electron chi connectivity index (χ0n) is 15.9. The standard InChI is InChI=1S/C22H24N4S/c1-16-11-17(2)24-20(12-16)14-22(27)26-9-7-25(8-10-26)21-13-18-5-3-4-6-19(18)15-23-21/h3-6,11-13,15H,7-10,14H2,1-2H3. The third-order valence-corrected chi connectivity index (χ3v) is 5.46. The second-order valence-electron chi connectivity index (χ2n) is 7.21. The number of pyridine rings is 2. The topological polar surface area (TPSA) is 32.3 Å². The van der Waals surface area contributed by atoms with Gasteiger partial charge >= 0.3 is 0 Å². The van der Waals surface area contributed by atoms with Crippen LogP contribution in [0.5, 0.6) is 0 Å². The molecule has 0 unspecified atom stereocenters. The van der Waals surface area contributed by atoms with Crippen LogP contribution in [0.4, 0.5) is 5.82 Å². The Morgan fingerprint density at radius 2 is 1.74 bits per heavy atom. The molecule has 138 valence electrons. The number of thiocarbonyl (C=S) groups is 1. The van der Waals surface area contributed by atoms with Crippen molar-refractivity contribution in [2.24, 2.45) is 0 Å². The van der Waals surface area contributed by atoms with E-state index in [0.717, 1.165) is 54.8 Å². The summed E-state index contributed by atoms with van der Waals surface area (Å²) in [5, 5.41) is 2.42. The number of rotatable bonds is 3. The summed E-state index contributed by atoms with van der Waals surface area (Å²) in [5.74, 6) is 1.05. The molecule has 0 bridgehead atoms. The Kier molecular flexibility index (Phi) is 5.03. The van der Waals surface area contributed by atoms with Gasteiger partial charge in [0.2, 0.25) is 0 Å². The first-order chi connectivity index (χ1) is 13.1. The van der Waals surface area contributed by atoms with Crippen LogP contribution < -0.4 is 4.90 Å². The van der Waals surface area contributed by atoms with E-state index in [4.69, 9.17) is 12.2 Å². The second-order valence-corrected chi connectivity index (χ2v) is 7.68. The Bertz CT molecular complexity index is 957. The third-order valence-electron chi connectivity index (χ3n) is 5.06. The van der Waals surface area contributed by atoms with E-state index in [1.807, 2.05) is 19.2 Å². The van der Waals surface area contributed by atoms with E-state index >= 15 is 0 Å². The van der Waals surface area contributed by atoms with E-state index in [9.17, 15) is 0 Å². The molecule has 0 radical (unpaired) electrons. The van der Waals surface area contributed by atoms with Gasteiger partial charge in [0.05, 0.1) is 4.99 Å². The predicted octanol–water partition coefficient (Wildman–Crippen LogP) is 3.94. The van der Waals surface area contributed by atoms with Gasteiger partial charge < -0.3 is 9.80 Å². The number of nitrogens with zero attached hydrogens (tertiary/aromatic N) is 4. The molecule has 0 saturated carbocycles. The first kappa shape index (κ1) is 17.9. The van der Waals surface area contributed by atoms with Crippen LogP contribution in [-0.4, -0.2) is 46.0 Å². The van der Waals surface area contributed by atoms with Gasteiger partial charge in [-0.2, -0.15) is 0 Å². The highest BCUT2D eigenvalue weighted by Crippen LogP contribution is 2.20. The van der Waals surface area contributed by atoms with Crippen LogP contribution in [0.3, 0.4) is 0 Å². The summed E-state index contributed by atoms with van der Waals surface area (Å²) in [7, 11) is 0.